The molecular formula is C23H30N2O2. The number of benzene rings is 2. The van der Waals surface area contributed by atoms with Crippen LogP contribution in [0.5, 0.6) is 0 Å². The molecule has 2 N–H and O–H groups in total. The first-order valence-corrected chi connectivity index (χ1v) is 9.80. The van der Waals surface area contributed by atoms with Gasteiger partial charge in [-0.2, -0.15) is 0 Å². The van der Waals surface area contributed by atoms with Gasteiger partial charge in [-0.1, -0.05) is 39.8 Å². The number of nitrogens with one attached hydrogen (secondary N) is 2. The van der Waals surface area contributed by atoms with Crippen molar-refractivity contribution in [3.63, 3.8) is 0 Å². The second kappa shape index (κ2) is 9.91. The molecule has 1 atom stereocenters. The molecule has 4 nitrogen and oxygen atoms in total. The van der Waals surface area contributed by atoms with Crippen molar-refractivity contribution in [2.75, 3.05) is 10.6 Å². The van der Waals surface area contributed by atoms with Crippen molar-refractivity contribution in [1.29, 1.82) is 0 Å². The summed E-state index contributed by atoms with van der Waals surface area (Å²) in [6.45, 7) is 8.38. The monoisotopic (exact) mass is 366 g/mol. The van der Waals surface area contributed by atoms with Crippen molar-refractivity contribution in [1.82, 2.24) is 0 Å². The number of hydrogen-bond acceptors (Lipinski definition) is 2. The molecule has 0 aromatic heterocycles. The van der Waals surface area contributed by atoms with Crippen LogP contribution in [0, 0.1) is 5.92 Å². The average molecular weight is 367 g/mol. The molecule has 0 spiro atoms. The predicted octanol–water partition coefficient (Wildman–Crippen LogP) is 5.83. The van der Waals surface area contributed by atoms with E-state index in [2.05, 4.69) is 36.6 Å². The number of anilines is 2. The summed E-state index contributed by atoms with van der Waals surface area (Å²) in [5.41, 5.74) is 3.31. The third kappa shape index (κ3) is 5.68. The SMILES string of the molecule is CCC(CC)C(=O)Nc1ccc(C(=O)Nc2ccc(C(C)CC)cc2)cc1. The van der Waals surface area contributed by atoms with Gasteiger partial charge in [0.2, 0.25) is 5.91 Å². The van der Waals surface area contributed by atoms with E-state index >= 15 is 0 Å². The first-order valence-electron chi connectivity index (χ1n) is 9.80. The van der Waals surface area contributed by atoms with Gasteiger partial charge in [-0.3, -0.25) is 9.59 Å². The van der Waals surface area contributed by atoms with E-state index in [1.54, 1.807) is 24.3 Å². The first-order chi connectivity index (χ1) is 13.0. The van der Waals surface area contributed by atoms with Crippen LogP contribution < -0.4 is 10.6 Å². The van der Waals surface area contributed by atoms with Crippen LogP contribution in [0.25, 0.3) is 0 Å². The summed E-state index contributed by atoms with van der Waals surface area (Å²) in [4.78, 5) is 24.6. The smallest absolute Gasteiger partial charge is 0.255 e. The highest BCUT2D eigenvalue weighted by Gasteiger charge is 2.14. The van der Waals surface area contributed by atoms with E-state index in [0.29, 0.717) is 17.2 Å². The van der Waals surface area contributed by atoms with Crippen LogP contribution in [0.3, 0.4) is 0 Å². The average Bonchev–Trinajstić information content (AvgIpc) is 2.69. The lowest BCUT2D eigenvalue weighted by Gasteiger charge is -2.13. The fraction of sp³-hybridized carbons (Fsp3) is 0.391. The van der Waals surface area contributed by atoms with Gasteiger partial charge in [0.25, 0.3) is 5.91 Å². The molecule has 0 radical (unpaired) electrons. The van der Waals surface area contributed by atoms with E-state index in [1.807, 2.05) is 26.0 Å². The maximum atomic E-state index is 12.4. The summed E-state index contributed by atoms with van der Waals surface area (Å²) in [6.07, 6.45) is 2.73. The van der Waals surface area contributed by atoms with Crippen molar-refractivity contribution in [3.05, 3.63) is 59.7 Å². The van der Waals surface area contributed by atoms with Gasteiger partial charge < -0.3 is 10.6 Å². The van der Waals surface area contributed by atoms with Crippen molar-refractivity contribution >= 4 is 23.2 Å². The lowest BCUT2D eigenvalue weighted by Crippen LogP contribution is -2.21. The quantitative estimate of drug-likeness (QED) is 0.618. The summed E-state index contributed by atoms with van der Waals surface area (Å²) in [7, 11) is 0. The molecule has 0 aliphatic heterocycles. The lowest BCUT2D eigenvalue weighted by molar-refractivity contribution is -0.120. The summed E-state index contributed by atoms with van der Waals surface area (Å²) in [6, 6.07) is 15.0. The Morgan fingerprint density at radius 1 is 0.778 bits per heavy atom. The van der Waals surface area contributed by atoms with Crippen molar-refractivity contribution < 1.29 is 9.59 Å². The summed E-state index contributed by atoms with van der Waals surface area (Å²) in [5.74, 6) is 0.395. The molecule has 27 heavy (non-hydrogen) atoms. The Kier molecular flexibility index (Phi) is 7.59. The Morgan fingerprint density at radius 3 is 1.81 bits per heavy atom. The van der Waals surface area contributed by atoms with Crippen LogP contribution >= 0.6 is 0 Å². The maximum absolute atomic E-state index is 12.4. The van der Waals surface area contributed by atoms with Gasteiger partial charge in [0.1, 0.15) is 0 Å². The van der Waals surface area contributed by atoms with Crippen molar-refractivity contribution in [2.45, 2.75) is 52.9 Å². The van der Waals surface area contributed by atoms with Crippen LogP contribution in [-0.4, -0.2) is 11.8 Å². The summed E-state index contributed by atoms with van der Waals surface area (Å²) in [5, 5.41) is 5.82. The number of amides is 2. The molecular weight excluding hydrogens is 336 g/mol. The van der Waals surface area contributed by atoms with Crippen LogP contribution in [0.2, 0.25) is 0 Å². The zero-order chi connectivity index (χ0) is 19.8. The Balaban J connectivity index is 1.98. The zero-order valence-electron chi connectivity index (χ0n) is 16.7. The number of carbonyl (C=O) groups excluding carboxylic acids is 2. The molecule has 1 unspecified atom stereocenters. The Labute approximate surface area is 162 Å². The molecule has 2 aromatic carbocycles. The molecule has 0 heterocycles. The van der Waals surface area contributed by atoms with Crippen molar-refractivity contribution in [3.8, 4) is 0 Å². The summed E-state index contributed by atoms with van der Waals surface area (Å²) >= 11 is 0. The van der Waals surface area contributed by atoms with E-state index in [1.165, 1.54) is 5.56 Å². The fourth-order valence-electron chi connectivity index (χ4n) is 2.94. The minimum atomic E-state index is -0.163. The minimum Gasteiger partial charge on any atom is -0.326 e. The van der Waals surface area contributed by atoms with Gasteiger partial charge in [0.05, 0.1) is 0 Å². The number of rotatable bonds is 8. The predicted molar refractivity (Wildman–Crippen MR) is 112 cm³/mol. The third-order valence-corrected chi connectivity index (χ3v) is 5.12. The van der Waals surface area contributed by atoms with E-state index < -0.39 is 0 Å². The third-order valence-electron chi connectivity index (χ3n) is 5.12. The van der Waals surface area contributed by atoms with Crippen LogP contribution in [-0.2, 0) is 4.79 Å². The molecule has 0 bridgehead atoms. The van der Waals surface area contributed by atoms with Gasteiger partial charge in [-0.15, -0.1) is 0 Å². The molecule has 2 amide bonds. The highest BCUT2D eigenvalue weighted by atomic mass is 16.2. The molecule has 144 valence electrons. The first kappa shape index (κ1) is 20.7. The van der Waals surface area contributed by atoms with E-state index in [-0.39, 0.29) is 17.7 Å². The molecule has 0 aliphatic rings. The number of hydrogen-bond donors (Lipinski definition) is 2. The van der Waals surface area contributed by atoms with E-state index in [0.717, 1.165) is 24.9 Å². The van der Waals surface area contributed by atoms with Gasteiger partial charge in [-0.05, 0) is 67.1 Å². The van der Waals surface area contributed by atoms with Gasteiger partial charge in [0.15, 0.2) is 0 Å². The Bertz CT molecular complexity index is 747. The molecule has 0 saturated carbocycles. The highest BCUT2D eigenvalue weighted by Crippen LogP contribution is 2.21. The largest absolute Gasteiger partial charge is 0.326 e. The Morgan fingerprint density at radius 2 is 1.30 bits per heavy atom. The van der Waals surface area contributed by atoms with E-state index in [4.69, 9.17) is 0 Å². The molecule has 2 aromatic rings. The second-order valence-corrected chi connectivity index (χ2v) is 6.97. The van der Waals surface area contributed by atoms with Crippen LogP contribution in [0.4, 0.5) is 11.4 Å². The van der Waals surface area contributed by atoms with Crippen LogP contribution in [0.15, 0.2) is 48.5 Å². The lowest BCUT2D eigenvalue weighted by atomic mass is 9.98. The second-order valence-electron chi connectivity index (χ2n) is 6.97. The maximum Gasteiger partial charge on any atom is 0.255 e. The Hall–Kier alpha value is -2.62. The van der Waals surface area contributed by atoms with Gasteiger partial charge >= 0.3 is 0 Å². The highest BCUT2D eigenvalue weighted by molar-refractivity contribution is 6.04. The van der Waals surface area contributed by atoms with Crippen molar-refractivity contribution in [2.24, 2.45) is 5.92 Å². The molecule has 2 rings (SSSR count). The normalized spacial score (nSPS) is 11.9. The van der Waals surface area contributed by atoms with Gasteiger partial charge in [0, 0.05) is 22.9 Å². The van der Waals surface area contributed by atoms with E-state index in [9.17, 15) is 9.59 Å². The molecule has 4 heteroatoms. The molecule has 0 saturated heterocycles. The summed E-state index contributed by atoms with van der Waals surface area (Å²) < 4.78 is 0. The number of carbonyl (C=O) groups is 2. The van der Waals surface area contributed by atoms with Crippen LogP contribution in [0.1, 0.15) is 68.8 Å². The molecule has 0 fully saturated rings. The molecule has 0 aliphatic carbocycles. The minimum absolute atomic E-state index is 0.0198. The van der Waals surface area contributed by atoms with Gasteiger partial charge in [-0.25, -0.2) is 0 Å². The topological polar surface area (TPSA) is 58.2 Å². The standard InChI is InChI=1S/C23H30N2O2/c1-5-16(4)18-8-12-20(13-9-18)25-23(27)19-10-14-21(15-11-19)24-22(26)17(6-2)7-3/h8-17H,5-7H2,1-4H3,(H,24,26)(H,25,27). The zero-order valence-corrected chi connectivity index (χ0v) is 16.7. The fourth-order valence-corrected chi connectivity index (χ4v) is 2.94.